The maximum absolute atomic E-state index is 13.8. The smallest absolute Gasteiger partial charge is 0.328 e. The standard InChI is InChI=1S/C25H31ClN6O2.C4H4O4.2H2O/c1-14(2)27-12-18(16-4-6-17(26)7-5-16)25(34)32-9-8-31(19-11-20(19)32)24-22-15(3)10-21(33)30-23(22)28-13-29-24;5-3(6)1-2-4(7)8;;/h4-7,13-15,18-20,27H,8-12H2,1-3H3,(H,28,29,30,33);1-2H,(H,5,6)(H,7,8);2*1H2/b;2-1+;;/t15-,18-,19+,20-;;;/m1.../s1. The zero-order valence-electron chi connectivity index (χ0n) is 24.7. The number of carbonyl (C=O) groups is 4. The number of carboxylic acids is 2. The number of nitrogens with one attached hydrogen (secondary N) is 2. The van der Waals surface area contributed by atoms with Crippen LogP contribution in [0.15, 0.2) is 42.7 Å². The van der Waals surface area contributed by atoms with Crippen molar-refractivity contribution >= 4 is 47.0 Å². The predicted molar refractivity (Wildman–Crippen MR) is 164 cm³/mol. The average molecular weight is 635 g/mol. The first-order chi connectivity index (χ1) is 20.0. The molecular weight excluding hydrogens is 596 g/mol. The summed E-state index contributed by atoms with van der Waals surface area (Å²) in [5.41, 5.74) is 1.99. The molecule has 240 valence electrons. The van der Waals surface area contributed by atoms with E-state index in [1.807, 2.05) is 31.2 Å². The minimum atomic E-state index is -1.26. The van der Waals surface area contributed by atoms with Gasteiger partial charge in [-0.3, -0.25) is 9.59 Å². The first-order valence-corrected chi connectivity index (χ1v) is 14.2. The Balaban J connectivity index is 0.000000599. The van der Waals surface area contributed by atoms with Gasteiger partial charge in [-0.1, -0.05) is 44.5 Å². The van der Waals surface area contributed by atoms with E-state index in [0.717, 1.165) is 23.4 Å². The van der Waals surface area contributed by atoms with Crippen molar-refractivity contribution in [1.29, 1.82) is 0 Å². The normalized spacial score (nSPS) is 20.6. The van der Waals surface area contributed by atoms with Gasteiger partial charge in [-0.15, -0.1) is 0 Å². The third-order valence-electron chi connectivity index (χ3n) is 7.44. The molecule has 15 heteroatoms. The highest BCUT2D eigenvalue weighted by Gasteiger charge is 2.52. The number of aromatic nitrogens is 2. The lowest BCUT2D eigenvalue weighted by Crippen LogP contribution is -2.51. The van der Waals surface area contributed by atoms with Gasteiger partial charge in [0.25, 0.3) is 0 Å². The SMILES string of the molecule is CC(C)NC[C@@H](C(=O)N1CCN(c2ncnc3c2[C@H](C)CC(=O)N3)[C@H]2C[C@H]21)c1ccc(Cl)cc1.O.O.O=C(O)/C=C/C(=O)O. The van der Waals surface area contributed by atoms with Crippen LogP contribution in [0, 0.1) is 0 Å². The van der Waals surface area contributed by atoms with E-state index >= 15 is 0 Å². The Bertz CT molecular complexity index is 1360. The molecule has 1 aromatic heterocycles. The number of carbonyl (C=O) groups excluding carboxylic acids is 2. The molecule has 8 N–H and O–H groups in total. The number of aliphatic carboxylic acids is 2. The molecule has 0 unspecified atom stereocenters. The lowest BCUT2D eigenvalue weighted by molar-refractivity contribution is -0.134. The fourth-order valence-electron chi connectivity index (χ4n) is 5.39. The van der Waals surface area contributed by atoms with Crippen LogP contribution in [0.3, 0.4) is 0 Å². The summed E-state index contributed by atoms with van der Waals surface area (Å²) in [6.45, 7) is 8.17. The van der Waals surface area contributed by atoms with Crippen molar-refractivity contribution < 1.29 is 40.3 Å². The number of benzene rings is 1. The van der Waals surface area contributed by atoms with Gasteiger partial charge >= 0.3 is 11.9 Å². The van der Waals surface area contributed by atoms with Crippen LogP contribution in [0.25, 0.3) is 0 Å². The summed E-state index contributed by atoms with van der Waals surface area (Å²) in [7, 11) is 0. The molecule has 1 saturated carbocycles. The zero-order valence-corrected chi connectivity index (χ0v) is 25.4. The Morgan fingerprint density at radius 1 is 1.07 bits per heavy atom. The Morgan fingerprint density at radius 2 is 1.70 bits per heavy atom. The van der Waals surface area contributed by atoms with Gasteiger partial charge in [0, 0.05) is 54.8 Å². The summed E-state index contributed by atoms with van der Waals surface area (Å²) in [5.74, 6) is -1.04. The molecule has 2 aliphatic heterocycles. The summed E-state index contributed by atoms with van der Waals surface area (Å²) in [6, 6.07) is 8.32. The van der Waals surface area contributed by atoms with Crippen molar-refractivity contribution in [3.8, 4) is 0 Å². The van der Waals surface area contributed by atoms with Crippen LogP contribution in [0.2, 0.25) is 5.02 Å². The fourth-order valence-corrected chi connectivity index (χ4v) is 5.52. The Hall–Kier alpha value is -4.11. The van der Waals surface area contributed by atoms with Crippen LogP contribution < -0.4 is 15.5 Å². The highest BCUT2D eigenvalue weighted by molar-refractivity contribution is 6.30. The molecule has 0 bridgehead atoms. The number of piperazine rings is 1. The molecule has 1 aliphatic carbocycles. The van der Waals surface area contributed by atoms with E-state index in [4.69, 9.17) is 21.8 Å². The molecule has 4 atom stereocenters. The number of fused-ring (bicyclic) bond motifs is 2. The van der Waals surface area contributed by atoms with E-state index < -0.39 is 11.9 Å². The van der Waals surface area contributed by atoms with Gasteiger partial charge in [0.15, 0.2) is 0 Å². The lowest BCUT2D eigenvalue weighted by Gasteiger charge is -2.38. The third kappa shape index (κ3) is 8.72. The monoisotopic (exact) mass is 634 g/mol. The zero-order chi connectivity index (χ0) is 30.6. The van der Waals surface area contributed by atoms with E-state index in [1.165, 1.54) is 6.33 Å². The fraction of sp³-hybridized carbons (Fsp3) is 0.448. The Morgan fingerprint density at radius 3 is 2.30 bits per heavy atom. The van der Waals surface area contributed by atoms with Gasteiger partial charge in [-0.05, 0) is 30.0 Å². The lowest BCUT2D eigenvalue weighted by atomic mass is 9.94. The molecule has 3 aliphatic rings. The topological polar surface area (TPSA) is 228 Å². The van der Waals surface area contributed by atoms with Crippen LogP contribution in [0.5, 0.6) is 0 Å². The summed E-state index contributed by atoms with van der Waals surface area (Å²) in [4.78, 5) is 58.1. The number of anilines is 2. The minimum absolute atomic E-state index is 0. The molecule has 2 aromatic rings. The van der Waals surface area contributed by atoms with Crippen LogP contribution in [-0.2, 0) is 19.2 Å². The van der Waals surface area contributed by atoms with Crippen molar-refractivity contribution in [2.45, 2.75) is 63.6 Å². The minimum Gasteiger partial charge on any atom is -0.478 e. The molecule has 14 nitrogen and oxygen atoms in total. The Kier molecular flexibility index (Phi) is 12.8. The molecule has 2 amide bonds. The first kappa shape index (κ1) is 36.1. The van der Waals surface area contributed by atoms with Crippen molar-refractivity contribution in [2.75, 3.05) is 29.9 Å². The van der Waals surface area contributed by atoms with Crippen molar-refractivity contribution in [3.63, 3.8) is 0 Å². The number of hydrogen-bond donors (Lipinski definition) is 4. The second-order valence-electron chi connectivity index (χ2n) is 10.9. The summed E-state index contributed by atoms with van der Waals surface area (Å²) < 4.78 is 0. The van der Waals surface area contributed by atoms with Gasteiger partial charge in [-0.2, -0.15) is 0 Å². The predicted octanol–water partition coefficient (Wildman–Crippen LogP) is 1.21. The van der Waals surface area contributed by atoms with E-state index in [9.17, 15) is 19.2 Å². The van der Waals surface area contributed by atoms with Crippen LogP contribution >= 0.6 is 11.6 Å². The van der Waals surface area contributed by atoms with E-state index in [-0.39, 0.29) is 46.7 Å². The van der Waals surface area contributed by atoms with Crippen molar-refractivity contribution in [3.05, 3.63) is 58.9 Å². The summed E-state index contributed by atoms with van der Waals surface area (Å²) >= 11 is 6.09. The summed E-state index contributed by atoms with van der Waals surface area (Å²) in [5, 5.41) is 22.6. The highest BCUT2D eigenvalue weighted by atomic mass is 35.5. The second kappa shape index (κ2) is 15.6. The van der Waals surface area contributed by atoms with Crippen molar-refractivity contribution in [1.82, 2.24) is 20.2 Å². The second-order valence-corrected chi connectivity index (χ2v) is 11.3. The van der Waals surface area contributed by atoms with Crippen LogP contribution in [-0.4, -0.2) is 97.5 Å². The number of carboxylic acid groups (broad SMARTS) is 2. The average Bonchev–Trinajstić information content (AvgIpc) is 3.73. The van der Waals surface area contributed by atoms with Crippen molar-refractivity contribution in [2.24, 2.45) is 0 Å². The van der Waals surface area contributed by atoms with Gasteiger partial charge in [0.2, 0.25) is 11.8 Å². The molecule has 5 rings (SSSR count). The molecule has 3 heterocycles. The van der Waals surface area contributed by atoms with Gasteiger partial charge in [-0.25, -0.2) is 19.6 Å². The third-order valence-corrected chi connectivity index (χ3v) is 7.69. The molecule has 0 radical (unpaired) electrons. The molecule has 1 aromatic carbocycles. The number of halogens is 1. The molecule has 2 fully saturated rings. The maximum Gasteiger partial charge on any atom is 0.328 e. The largest absolute Gasteiger partial charge is 0.478 e. The van der Waals surface area contributed by atoms with E-state index in [2.05, 4.69) is 44.2 Å². The highest BCUT2D eigenvalue weighted by Crippen LogP contribution is 2.44. The maximum atomic E-state index is 13.8. The Labute approximate surface area is 259 Å². The first-order valence-electron chi connectivity index (χ1n) is 13.8. The molecule has 44 heavy (non-hydrogen) atoms. The number of rotatable bonds is 8. The van der Waals surface area contributed by atoms with Gasteiger partial charge in [0.1, 0.15) is 18.0 Å². The number of hydrogen-bond acceptors (Lipinski definition) is 8. The van der Waals surface area contributed by atoms with E-state index in [0.29, 0.717) is 55.1 Å². The van der Waals surface area contributed by atoms with E-state index in [1.54, 1.807) is 0 Å². The quantitative estimate of drug-likeness (QED) is 0.303. The molecular formula is C29H39ClN6O8. The molecule has 0 spiro atoms. The van der Waals surface area contributed by atoms with Crippen LogP contribution in [0.1, 0.15) is 56.6 Å². The summed E-state index contributed by atoms with van der Waals surface area (Å²) in [6.07, 6.45) is 4.00. The number of amides is 2. The molecule has 1 saturated heterocycles. The van der Waals surface area contributed by atoms with Gasteiger partial charge < -0.3 is 41.6 Å². The van der Waals surface area contributed by atoms with Crippen LogP contribution in [0.4, 0.5) is 11.6 Å². The number of nitrogens with zero attached hydrogens (tertiary/aromatic N) is 4. The van der Waals surface area contributed by atoms with Gasteiger partial charge in [0.05, 0.1) is 18.0 Å².